The second kappa shape index (κ2) is 4.16. The molecule has 0 aliphatic carbocycles. The summed E-state index contributed by atoms with van der Waals surface area (Å²) in [5.74, 6) is -1.10. The highest BCUT2D eigenvalue weighted by Gasteiger charge is 2.16. The number of halogens is 3. The number of hydrogen-bond donors (Lipinski definition) is 0. The Morgan fingerprint density at radius 1 is 1.38 bits per heavy atom. The number of benzene rings is 1. The molecule has 0 spiro atoms. The van der Waals surface area contributed by atoms with Gasteiger partial charge in [-0.25, -0.2) is 13.2 Å². The molecule has 0 saturated carbocycles. The Bertz CT molecular complexity index is 286. The predicted molar refractivity (Wildman–Crippen MR) is 42.5 cm³/mol. The molecule has 1 nitrogen and oxygen atoms in total. The molecule has 0 aromatic heterocycles. The van der Waals surface area contributed by atoms with Gasteiger partial charge < -0.3 is 4.74 Å². The molecule has 0 bridgehead atoms. The van der Waals surface area contributed by atoms with Crippen molar-refractivity contribution in [2.24, 2.45) is 0 Å². The van der Waals surface area contributed by atoms with Crippen molar-refractivity contribution in [3.8, 4) is 5.75 Å². The van der Waals surface area contributed by atoms with E-state index in [-0.39, 0.29) is 12.4 Å². The molecule has 0 fully saturated rings. The van der Waals surface area contributed by atoms with Crippen molar-refractivity contribution in [1.29, 1.82) is 0 Å². The van der Waals surface area contributed by atoms with E-state index in [1.165, 1.54) is 12.1 Å². The molecule has 1 rings (SSSR count). The van der Waals surface area contributed by atoms with Gasteiger partial charge in [0.25, 0.3) is 6.43 Å². The molecule has 72 valence electrons. The van der Waals surface area contributed by atoms with Crippen molar-refractivity contribution < 1.29 is 17.9 Å². The lowest BCUT2D eigenvalue weighted by atomic mass is 10.2. The third kappa shape index (κ3) is 2.14. The van der Waals surface area contributed by atoms with Crippen LogP contribution < -0.4 is 4.74 Å². The Hall–Kier alpha value is -1.19. The lowest BCUT2D eigenvalue weighted by molar-refractivity contribution is 0.145. The fourth-order valence-corrected chi connectivity index (χ4v) is 0.963. The molecule has 0 radical (unpaired) electrons. The topological polar surface area (TPSA) is 9.23 Å². The number of ether oxygens (including phenoxy) is 1. The van der Waals surface area contributed by atoms with E-state index in [9.17, 15) is 13.2 Å². The third-order valence-corrected chi connectivity index (χ3v) is 1.53. The molecule has 0 heterocycles. The van der Waals surface area contributed by atoms with E-state index in [2.05, 4.69) is 0 Å². The van der Waals surface area contributed by atoms with E-state index in [4.69, 9.17) is 4.74 Å². The SMILES string of the molecule is CCOc1cccc(C(F)F)c1F. The summed E-state index contributed by atoms with van der Waals surface area (Å²) in [6.07, 6.45) is -2.81. The van der Waals surface area contributed by atoms with Crippen LogP contribution >= 0.6 is 0 Å². The van der Waals surface area contributed by atoms with Crippen LogP contribution in [0.25, 0.3) is 0 Å². The summed E-state index contributed by atoms with van der Waals surface area (Å²) in [6, 6.07) is 3.71. The summed E-state index contributed by atoms with van der Waals surface area (Å²) in [5.41, 5.74) is -0.619. The average molecular weight is 190 g/mol. The molecule has 0 aliphatic heterocycles. The highest BCUT2D eigenvalue weighted by molar-refractivity contribution is 5.31. The Balaban J connectivity index is 3.03. The van der Waals surface area contributed by atoms with Crippen molar-refractivity contribution >= 4 is 0 Å². The zero-order chi connectivity index (χ0) is 9.84. The van der Waals surface area contributed by atoms with Gasteiger partial charge in [0.1, 0.15) is 0 Å². The smallest absolute Gasteiger partial charge is 0.266 e. The van der Waals surface area contributed by atoms with Gasteiger partial charge in [0.15, 0.2) is 11.6 Å². The maximum Gasteiger partial charge on any atom is 0.266 e. The Morgan fingerprint density at radius 2 is 2.08 bits per heavy atom. The van der Waals surface area contributed by atoms with Crippen LogP contribution in [0.15, 0.2) is 18.2 Å². The number of rotatable bonds is 3. The van der Waals surface area contributed by atoms with Crippen molar-refractivity contribution in [2.45, 2.75) is 13.3 Å². The molecule has 0 saturated heterocycles. The van der Waals surface area contributed by atoms with Gasteiger partial charge >= 0.3 is 0 Å². The van der Waals surface area contributed by atoms with Crippen LogP contribution in [0, 0.1) is 5.82 Å². The average Bonchev–Trinajstić information content (AvgIpc) is 2.08. The fraction of sp³-hybridized carbons (Fsp3) is 0.333. The Morgan fingerprint density at radius 3 is 2.62 bits per heavy atom. The van der Waals surface area contributed by atoms with Crippen LogP contribution in [-0.4, -0.2) is 6.61 Å². The zero-order valence-corrected chi connectivity index (χ0v) is 7.06. The van der Waals surface area contributed by atoms with Crippen LogP contribution in [0.2, 0.25) is 0 Å². The van der Waals surface area contributed by atoms with Gasteiger partial charge in [-0.2, -0.15) is 0 Å². The van der Waals surface area contributed by atoms with Gasteiger partial charge in [-0.15, -0.1) is 0 Å². The number of alkyl halides is 2. The van der Waals surface area contributed by atoms with Crippen molar-refractivity contribution in [3.63, 3.8) is 0 Å². The normalized spacial score (nSPS) is 10.5. The van der Waals surface area contributed by atoms with E-state index in [0.29, 0.717) is 0 Å². The summed E-state index contributed by atoms with van der Waals surface area (Å²) < 4.78 is 42.2. The Labute approximate surface area is 74.1 Å². The van der Waals surface area contributed by atoms with Crippen LogP contribution in [0.4, 0.5) is 13.2 Å². The van der Waals surface area contributed by atoms with Gasteiger partial charge in [0.05, 0.1) is 12.2 Å². The minimum absolute atomic E-state index is 0.125. The van der Waals surface area contributed by atoms with Crippen molar-refractivity contribution in [2.75, 3.05) is 6.61 Å². The van der Waals surface area contributed by atoms with Gasteiger partial charge in [0.2, 0.25) is 0 Å². The highest BCUT2D eigenvalue weighted by Crippen LogP contribution is 2.27. The van der Waals surface area contributed by atoms with Crippen LogP contribution in [0.5, 0.6) is 5.75 Å². The van der Waals surface area contributed by atoms with Crippen molar-refractivity contribution in [1.82, 2.24) is 0 Å². The van der Waals surface area contributed by atoms with Gasteiger partial charge in [-0.05, 0) is 13.0 Å². The van der Waals surface area contributed by atoms with Gasteiger partial charge in [-0.3, -0.25) is 0 Å². The predicted octanol–water partition coefficient (Wildman–Crippen LogP) is 3.16. The van der Waals surface area contributed by atoms with E-state index in [0.717, 1.165) is 6.07 Å². The summed E-state index contributed by atoms with van der Waals surface area (Å²) in [7, 11) is 0. The second-order valence-corrected chi connectivity index (χ2v) is 2.39. The minimum atomic E-state index is -2.81. The monoisotopic (exact) mass is 190 g/mol. The Kier molecular flexibility index (Phi) is 3.17. The fourth-order valence-electron chi connectivity index (χ4n) is 0.963. The molecule has 0 aliphatic rings. The first-order chi connectivity index (χ1) is 6.16. The molecular formula is C9H9F3O. The van der Waals surface area contributed by atoms with Crippen molar-refractivity contribution in [3.05, 3.63) is 29.6 Å². The molecular weight excluding hydrogens is 181 g/mol. The molecule has 0 unspecified atom stereocenters. The maximum atomic E-state index is 13.1. The van der Waals surface area contributed by atoms with Gasteiger partial charge in [-0.1, -0.05) is 12.1 Å². The standard InChI is InChI=1S/C9H9F3O/c1-2-13-7-5-3-4-6(8(7)10)9(11)12/h3-5,9H,2H2,1H3. The van der Waals surface area contributed by atoms with E-state index < -0.39 is 17.8 Å². The minimum Gasteiger partial charge on any atom is -0.491 e. The van der Waals surface area contributed by atoms with E-state index >= 15 is 0 Å². The lowest BCUT2D eigenvalue weighted by Gasteiger charge is -2.07. The maximum absolute atomic E-state index is 13.1. The summed E-state index contributed by atoms with van der Waals surface area (Å²) >= 11 is 0. The largest absolute Gasteiger partial charge is 0.491 e. The lowest BCUT2D eigenvalue weighted by Crippen LogP contribution is -1.98. The summed E-state index contributed by atoms with van der Waals surface area (Å²) in [6.45, 7) is 1.91. The highest BCUT2D eigenvalue weighted by atomic mass is 19.3. The third-order valence-electron chi connectivity index (χ3n) is 1.53. The molecule has 1 aromatic carbocycles. The summed E-state index contributed by atoms with van der Waals surface area (Å²) in [4.78, 5) is 0. The first-order valence-corrected chi connectivity index (χ1v) is 3.86. The number of hydrogen-bond acceptors (Lipinski definition) is 1. The van der Waals surface area contributed by atoms with Gasteiger partial charge in [0, 0.05) is 0 Å². The first-order valence-electron chi connectivity index (χ1n) is 3.86. The quantitative estimate of drug-likeness (QED) is 0.711. The second-order valence-electron chi connectivity index (χ2n) is 2.39. The van der Waals surface area contributed by atoms with E-state index in [1.54, 1.807) is 6.92 Å². The van der Waals surface area contributed by atoms with E-state index in [1.807, 2.05) is 0 Å². The molecule has 0 atom stereocenters. The molecule has 0 N–H and O–H groups in total. The zero-order valence-electron chi connectivity index (χ0n) is 7.06. The summed E-state index contributed by atoms with van der Waals surface area (Å²) in [5, 5.41) is 0. The molecule has 4 heteroatoms. The van der Waals surface area contributed by atoms with Crippen LogP contribution in [0.1, 0.15) is 18.9 Å². The van der Waals surface area contributed by atoms with Crippen LogP contribution in [0.3, 0.4) is 0 Å². The van der Waals surface area contributed by atoms with Crippen LogP contribution in [-0.2, 0) is 0 Å². The molecule has 13 heavy (non-hydrogen) atoms. The molecule has 1 aromatic rings. The molecule has 0 amide bonds. The first kappa shape index (κ1) is 9.89.